The van der Waals surface area contributed by atoms with Crippen LogP contribution in [0.1, 0.15) is 61.9 Å². The molecule has 2 amide bonds. The number of hydrogen-bond acceptors (Lipinski definition) is 3. The predicted molar refractivity (Wildman–Crippen MR) is 143 cm³/mol. The van der Waals surface area contributed by atoms with Gasteiger partial charge < -0.3 is 15.0 Å². The maximum atomic E-state index is 14.2. The summed E-state index contributed by atoms with van der Waals surface area (Å²) < 4.78 is 33.5. The summed E-state index contributed by atoms with van der Waals surface area (Å²) in [5.74, 6) is -0.231. The normalized spacial score (nSPS) is 15.6. The third-order valence-electron chi connectivity index (χ3n) is 6.73. The molecule has 0 spiro atoms. The number of halogens is 2. The molecule has 2 unspecified atom stereocenters. The van der Waals surface area contributed by atoms with Gasteiger partial charge in [-0.15, -0.1) is 0 Å². The van der Waals surface area contributed by atoms with Gasteiger partial charge in [0.15, 0.2) is 6.10 Å². The fraction of sp³-hybridized carbons (Fsp3) is 0.355. The van der Waals surface area contributed by atoms with Crippen LogP contribution in [0.2, 0.25) is 0 Å². The summed E-state index contributed by atoms with van der Waals surface area (Å²) in [4.78, 5) is 27.9. The van der Waals surface area contributed by atoms with E-state index in [1.807, 2.05) is 49.9 Å². The second-order valence-corrected chi connectivity index (χ2v) is 10.1. The Hall–Kier alpha value is -3.74. The molecule has 7 heteroatoms. The Balaban J connectivity index is 1.58. The van der Waals surface area contributed by atoms with Crippen molar-refractivity contribution in [2.45, 2.75) is 58.7 Å². The number of rotatable bonds is 9. The minimum absolute atomic E-state index is 0.0258. The van der Waals surface area contributed by atoms with Gasteiger partial charge in [-0.25, -0.2) is 8.78 Å². The van der Waals surface area contributed by atoms with E-state index in [1.54, 1.807) is 18.2 Å². The second-order valence-electron chi connectivity index (χ2n) is 10.1. The molecule has 0 fully saturated rings. The Morgan fingerprint density at radius 3 is 2.47 bits per heavy atom. The number of hydrogen-bond donors (Lipinski definition) is 1. The first kappa shape index (κ1) is 27.3. The fourth-order valence-corrected chi connectivity index (χ4v) is 4.83. The van der Waals surface area contributed by atoms with Crippen LogP contribution in [0.25, 0.3) is 0 Å². The van der Waals surface area contributed by atoms with Gasteiger partial charge in [0, 0.05) is 19.5 Å². The van der Waals surface area contributed by atoms with Crippen molar-refractivity contribution in [3.05, 3.63) is 101 Å². The average Bonchev–Trinajstić information content (AvgIpc) is 2.90. The van der Waals surface area contributed by atoms with E-state index in [9.17, 15) is 18.4 Å². The minimum atomic E-state index is -0.733. The third-order valence-corrected chi connectivity index (χ3v) is 6.73. The van der Waals surface area contributed by atoms with Crippen molar-refractivity contribution in [3.8, 4) is 5.75 Å². The summed E-state index contributed by atoms with van der Waals surface area (Å²) in [5.41, 5.74) is 3.42. The SMILES string of the molecule is CCC(Oc1ccc2c(c1)C(c1cccc(F)c1)N(C(=O)CC(C)C)CC2)C(=O)NCc1ccc(F)cc1. The van der Waals surface area contributed by atoms with Crippen LogP contribution in [-0.4, -0.2) is 29.4 Å². The molecule has 0 bridgehead atoms. The zero-order valence-electron chi connectivity index (χ0n) is 22.0. The van der Waals surface area contributed by atoms with Gasteiger partial charge in [0.05, 0.1) is 6.04 Å². The summed E-state index contributed by atoms with van der Waals surface area (Å²) >= 11 is 0. The molecule has 0 radical (unpaired) electrons. The molecule has 0 aliphatic carbocycles. The van der Waals surface area contributed by atoms with E-state index in [0.29, 0.717) is 37.1 Å². The summed E-state index contributed by atoms with van der Waals surface area (Å²) in [6, 6.07) is 17.5. The number of ether oxygens (including phenoxy) is 1. The molecule has 0 aromatic heterocycles. The molecule has 2 atom stereocenters. The largest absolute Gasteiger partial charge is 0.481 e. The first-order valence-electron chi connectivity index (χ1n) is 13.1. The van der Waals surface area contributed by atoms with Crippen molar-refractivity contribution in [1.82, 2.24) is 10.2 Å². The number of nitrogens with zero attached hydrogens (tertiary/aromatic N) is 1. The molecular formula is C31H34F2N2O3. The molecule has 1 aliphatic heterocycles. The van der Waals surface area contributed by atoms with Gasteiger partial charge in [0.25, 0.3) is 5.91 Å². The smallest absolute Gasteiger partial charge is 0.261 e. The van der Waals surface area contributed by atoms with E-state index in [-0.39, 0.29) is 35.9 Å². The van der Waals surface area contributed by atoms with E-state index in [2.05, 4.69) is 5.32 Å². The summed E-state index contributed by atoms with van der Waals surface area (Å²) in [5, 5.41) is 2.85. The summed E-state index contributed by atoms with van der Waals surface area (Å²) in [6.45, 7) is 6.68. The Bertz CT molecular complexity index is 1280. The zero-order chi connectivity index (χ0) is 27.2. The Morgan fingerprint density at radius 2 is 1.79 bits per heavy atom. The first-order chi connectivity index (χ1) is 18.2. The van der Waals surface area contributed by atoms with Gasteiger partial charge in [-0.2, -0.15) is 0 Å². The van der Waals surface area contributed by atoms with Crippen molar-refractivity contribution >= 4 is 11.8 Å². The van der Waals surface area contributed by atoms with E-state index in [0.717, 1.165) is 16.7 Å². The molecule has 3 aromatic carbocycles. The fourth-order valence-electron chi connectivity index (χ4n) is 4.83. The highest BCUT2D eigenvalue weighted by Gasteiger charge is 2.33. The predicted octanol–water partition coefficient (Wildman–Crippen LogP) is 5.96. The molecule has 4 rings (SSSR count). The molecule has 0 saturated carbocycles. The monoisotopic (exact) mass is 520 g/mol. The first-order valence-corrected chi connectivity index (χ1v) is 13.1. The number of amides is 2. The summed E-state index contributed by atoms with van der Waals surface area (Å²) in [6.07, 6.45) is 0.798. The standard InChI is InChI=1S/C31H34F2N2O3/c1-4-28(31(37)34-19-21-8-11-24(32)12-9-21)38-26-13-10-22-14-15-35(29(36)16-20(2)3)30(27(22)18-26)23-6-5-7-25(33)17-23/h5-13,17-18,20,28,30H,4,14-16,19H2,1-3H3,(H,34,37). The van der Waals surface area contributed by atoms with Gasteiger partial charge in [-0.05, 0) is 77.4 Å². The van der Waals surface area contributed by atoms with Crippen molar-refractivity contribution in [2.75, 3.05) is 6.54 Å². The number of carbonyl (C=O) groups excluding carboxylic acids is 2. The molecule has 1 heterocycles. The third kappa shape index (κ3) is 6.57. The van der Waals surface area contributed by atoms with Gasteiger partial charge >= 0.3 is 0 Å². The number of carbonyl (C=O) groups is 2. The molecular weight excluding hydrogens is 486 g/mol. The van der Waals surface area contributed by atoms with E-state index in [1.165, 1.54) is 24.3 Å². The van der Waals surface area contributed by atoms with E-state index < -0.39 is 12.1 Å². The molecule has 1 aliphatic rings. The number of nitrogens with one attached hydrogen (secondary N) is 1. The lowest BCUT2D eigenvalue weighted by Crippen LogP contribution is -2.41. The molecule has 3 aromatic rings. The maximum absolute atomic E-state index is 14.2. The minimum Gasteiger partial charge on any atom is -0.481 e. The van der Waals surface area contributed by atoms with Crippen molar-refractivity contribution in [1.29, 1.82) is 0 Å². The van der Waals surface area contributed by atoms with Crippen molar-refractivity contribution in [2.24, 2.45) is 5.92 Å². The van der Waals surface area contributed by atoms with Gasteiger partial charge in [0.1, 0.15) is 17.4 Å². The Labute approximate surface area is 222 Å². The van der Waals surface area contributed by atoms with E-state index >= 15 is 0 Å². The van der Waals surface area contributed by atoms with Gasteiger partial charge in [0.2, 0.25) is 5.91 Å². The van der Waals surface area contributed by atoms with Crippen LogP contribution >= 0.6 is 0 Å². The van der Waals surface area contributed by atoms with Crippen LogP contribution in [0, 0.1) is 17.6 Å². The van der Waals surface area contributed by atoms with Crippen LogP contribution in [0.5, 0.6) is 5.75 Å². The van der Waals surface area contributed by atoms with Crippen LogP contribution in [-0.2, 0) is 22.6 Å². The average molecular weight is 521 g/mol. The number of benzene rings is 3. The Morgan fingerprint density at radius 1 is 1.03 bits per heavy atom. The molecule has 38 heavy (non-hydrogen) atoms. The molecule has 5 nitrogen and oxygen atoms in total. The highest BCUT2D eigenvalue weighted by Crippen LogP contribution is 2.38. The van der Waals surface area contributed by atoms with E-state index in [4.69, 9.17) is 4.74 Å². The molecule has 0 saturated heterocycles. The van der Waals surface area contributed by atoms with Crippen molar-refractivity contribution < 1.29 is 23.1 Å². The topological polar surface area (TPSA) is 58.6 Å². The highest BCUT2D eigenvalue weighted by atomic mass is 19.1. The van der Waals surface area contributed by atoms with Crippen molar-refractivity contribution in [3.63, 3.8) is 0 Å². The molecule has 200 valence electrons. The zero-order valence-corrected chi connectivity index (χ0v) is 22.0. The van der Waals surface area contributed by atoms with Gasteiger partial charge in [-0.3, -0.25) is 9.59 Å². The quantitative estimate of drug-likeness (QED) is 0.379. The maximum Gasteiger partial charge on any atom is 0.261 e. The summed E-state index contributed by atoms with van der Waals surface area (Å²) in [7, 11) is 0. The van der Waals surface area contributed by atoms with Crippen LogP contribution in [0.4, 0.5) is 8.78 Å². The van der Waals surface area contributed by atoms with Crippen LogP contribution < -0.4 is 10.1 Å². The lowest BCUT2D eigenvalue weighted by atomic mass is 9.87. The Kier molecular flexibility index (Phi) is 8.77. The lowest BCUT2D eigenvalue weighted by molar-refractivity contribution is -0.134. The number of fused-ring (bicyclic) bond motifs is 1. The van der Waals surface area contributed by atoms with Crippen LogP contribution in [0.3, 0.4) is 0 Å². The van der Waals surface area contributed by atoms with Gasteiger partial charge in [-0.1, -0.05) is 51.1 Å². The van der Waals surface area contributed by atoms with Crippen LogP contribution in [0.15, 0.2) is 66.7 Å². The second kappa shape index (κ2) is 12.2. The molecule has 1 N–H and O–H groups in total. The highest BCUT2D eigenvalue weighted by molar-refractivity contribution is 5.81. The lowest BCUT2D eigenvalue weighted by Gasteiger charge is -2.38.